The lowest BCUT2D eigenvalue weighted by Gasteiger charge is -2.33. The van der Waals surface area contributed by atoms with Gasteiger partial charge in [-0.3, -0.25) is 0 Å². The molecule has 1 aliphatic heterocycles. The summed E-state index contributed by atoms with van der Waals surface area (Å²) in [6, 6.07) is 0. The molecule has 2 nitrogen and oxygen atoms in total. The summed E-state index contributed by atoms with van der Waals surface area (Å²) in [4.78, 5) is 0. The minimum Gasteiger partial charge on any atom is -0.393 e. The summed E-state index contributed by atoms with van der Waals surface area (Å²) < 4.78 is 0. The van der Waals surface area contributed by atoms with Gasteiger partial charge in [0.15, 0.2) is 0 Å². The van der Waals surface area contributed by atoms with Crippen LogP contribution < -0.4 is 5.32 Å². The van der Waals surface area contributed by atoms with Crippen LogP contribution in [0.3, 0.4) is 0 Å². The van der Waals surface area contributed by atoms with Gasteiger partial charge in [0.25, 0.3) is 0 Å². The fourth-order valence-electron chi connectivity index (χ4n) is 2.37. The zero-order chi connectivity index (χ0) is 9.84. The van der Waals surface area contributed by atoms with Gasteiger partial charge in [-0.1, -0.05) is 20.8 Å². The molecule has 1 heterocycles. The number of hydrogen-bond donors (Lipinski definition) is 2. The Hall–Kier alpha value is -0.0800. The van der Waals surface area contributed by atoms with E-state index in [9.17, 15) is 5.11 Å². The summed E-state index contributed by atoms with van der Waals surface area (Å²) >= 11 is 0. The molecule has 0 saturated carbocycles. The zero-order valence-corrected chi connectivity index (χ0v) is 9.09. The summed E-state index contributed by atoms with van der Waals surface area (Å²) in [6.45, 7) is 8.74. The van der Waals surface area contributed by atoms with Crippen molar-refractivity contribution < 1.29 is 5.11 Å². The van der Waals surface area contributed by atoms with Crippen LogP contribution in [0.15, 0.2) is 0 Å². The molecular weight excluding hydrogens is 162 g/mol. The van der Waals surface area contributed by atoms with E-state index in [4.69, 9.17) is 0 Å². The van der Waals surface area contributed by atoms with E-state index in [0.29, 0.717) is 11.8 Å². The first-order valence-electron chi connectivity index (χ1n) is 5.50. The molecule has 1 aliphatic rings. The highest BCUT2D eigenvalue weighted by Gasteiger charge is 2.27. The van der Waals surface area contributed by atoms with Gasteiger partial charge in [0.2, 0.25) is 0 Å². The third-order valence-electron chi connectivity index (χ3n) is 3.07. The van der Waals surface area contributed by atoms with Crippen molar-refractivity contribution in [1.82, 2.24) is 5.32 Å². The van der Waals surface area contributed by atoms with Crippen LogP contribution in [0.25, 0.3) is 0 Å². The van der Waals surface area contributed by atoms with Crippen LogP contribution in [0.4, 0.5) is 0 Å². The van der Waals surface area contributed by atoms with Crippen LogP contribution in [0.5, 0.6) is 0 Å². The highest BCUT2D eigenvalue weighted by Crippen LogP contribution is 2.25. The third kappa shape index (κ3) is 3.28. The van der Waals surface area contributed by atoms with E-state index in [0.717, 1.165) is 25.4 Å². The van der Waals surface area contributed by atoms with E-state index in [-0.39, 0.29) is 6.10 Å². The first-order chi connectivity index (χ1) is 6.11. The minimum atomic E-state index is -0.0741. The molecule has 3 atom stereocenters. The second kappa shape index (κ2) is 4.97. The SMILES string of the molecule is CC(C)CC(C)C1CNCCC1O. The van der Waals surface area contributed by atoms with Gasteiger partial charge in [0.05, 0.1) is 6.10 Å². The molecule has 0 aromatic rings. The molecule has 0 aliphatic carbocycles. The number of aliphatic hydroxyl groups is 1. The molecule has 0 radical (unpaired) electrons. The Bertz CT molecular complexity index is 147. The number of nitrogens with one attached hydrogen (secondary N) is 1. The van der Waals surface area contributed by atoms with Gasteiger partial charge in [0.1, 0.15) is 0 Å². The standard InChI is InChI=1S/C11H23NO/c1-8(2)6-9(3)10-7-12-5-4-11(10)13/h8-13H,4-7H2,1-3H3. The molecule has 78 valence electrons. The Morgan fingerprint density at radius 3 is 2.62 bits per heavy atom. The van der Waals surface area contributed by atoms with E-state index in [1.54, 1.807) is 0 Å². The molecule has 1 fully saturated rings. The fraction of sp³-hybridized carbons (Fsp3) is 1.00. The summed E-state index contributed by atoms with van der Waals surface area (Å²) in [5.74, 6) is 1.85. The average molecular weight is 185 g/mol. The van der Waals surface area contributed by atoms with Crippen molar-refractivity contribution in [3.05, 3.63) is 0 Å². The average Bonchev–Trinajstić information content (AvgIpc) is 2.03. The van der Waals surface area contributed by atoms with Crippen molar-refractivity contribution in [3.63, 3.8) is 0 Å². The van der Waals surface area contributed by atoms with Crippen LogP contribution in [0.2, 0.25) is 0 Å². The summed E-state index contributed by atoms with van der Waals surface area (Å²) in [5, 5.41) is 13.2. The molecule has 13 heavy (non-hydrogen) atoms. The van der Waals surface area contributed by atoms with Crippen molar-refractivity contribution in [2.24, 2.45) is 17.8 Å². The Morgan fingerprint density at radius 2 is 2.08 bits per heavy atom. The van der Waals surface area contributed by atoms with Gasteiger partial charge < -0.3 is 10.4 Å². The second-order valence-electron chi connectivity index (χ2n) is 4.83. The smallest absolute Gasteiger partial charge is 0.0595 e. The van der Waals surface area contributed by atoms with Crippen molar-refractivity contribution in [1.29, 1.82) is 0 Å². The molecule has 0 bridgehead atoms. The number of aliphatic hydroxyl groups excluding tert-OH is 1. The van der Waals surface area contributed by atoms with E-state index in [1.807, 2.05) is 0 Å². The van der Waals surface area contributed by atoms with Crippen molar-refractivity contribution in [2.75, 3.05) is 13.1 Å². The van der Waals surface area contributed by atoms with E-state index < -0.39 is 0 Å². The lowest BCUT2D eigenvalue weighted by atomic mass is 9.81. The van der Waals surface area contributed by atoms with Gasteiger partial charge in [-0.2, -0.15) is 0 Å². The van der Waals surface area contributed by atoms with Gasteiger partial charge in [-0.15, -0.1) is 0 Å². The molecule has 0 amide bonds. The lowest BCUT2D eigenvalue weighted by molar-refractivity contribution is 0.0452. The highest BCUT2D eigenvalue weighted by atomic mass is 16.3. The molecular formula is C11H23NO. The topological polar surface area (TPSA) is 32.3 Å². The van der Waals surface area contributed by atoms with E-state index in [1.165, 1.54) is 6.42 Å². The van der Waals surface area contributed by atoms with Crippen LogP contribution >= 0.6 is 0 Å². The normalized spacial score (nSPS) is 32.1. The molecule has 3 unspecified atom stereocenters. The number of rotatable bonds is 3. The first-order valence-corrected chi connectivity index (χ1v) is 5.50. The van der Waals surface area contributed by atoms with Gasteiger partial charge in [-0.05, 0) is 37.1 Å². The largest absolute Gasteiger partial charge is 0.393 e. The molecule has 0 spiro atoms. The first kappa shape index (κ1) is 11.0. The Labute approximate surface area is 81.7 Å². The van der Waals surface area contributed by atoms with Crippen LogP contribution in [0.1, 0.15) is 33.6 Å². The van der Waals surface area contributed by atoms with Crippen molar-refractivity contribution in [2.45, 2.75) is 39.7 Å². The van der Waals surface area contributed by atoms with Crippen molar-refractivity contribution in [3.8, 4) is 0 Å². The van der Waals surface area contributed by atoms with E-state index in [2.05, 4.69) is 26.1 Å². The molecule has 0 aromatic heterocycles. The van der Waals surface area contributed by atoms with E-state index >= 15 is 0 Å². The Kier molecular flexibility index (Phi) is 4.20. The maximum Gasteiger partial charge on any atom is 0.0595 e. The Morgan fingerprint density at radius 1 is 1.38 bits per heavy atom. The monoisotopic (exact) mass is 185 g/mol. The number of piperidine rings is 1. The predicted octanol–water partition coefficient (Wildman–Crippen LogP) is 1.64. The molecule has 1 saturated heterocycles. The quantitative estimate of drug-likeness (QED) is 0.700. The fourth-order valence-corrected chi connectivity index (χ4v) is 2.37. The maximum atomic E-state index is 9.81. The highest BCUT2D eigenvalue weighted by molar-refractivity contribution is 4.81. The number of hydrogen-bond acceptors (Lipinski definition) is 2. The van der Waals surface area contributed by atoms with Gasteiger partial charge >= 0.3 is 0 Å². The predicted molar refractivity (Wildman–Crippen MR) is 55.6 cm³/mol. The summed E-state index contributed by atoms with van der Waals surface area (Å²) in [6.07, 6.45) is 2.08. The van der Waals surface area contributed by atoms with Gasteiger partial charge in [-0.25, -0.2) is 0 Å². The van der Waals surface area contributed by atoms with Crippen molar-refractivity contribution >= 4 is 0 Å². The summed E-state index contributed by atoms with van der Waals surface area (Å²) in [7, 11) is 0. The Balaban J connectivity index is 2.39. The zero-order valence-electron chi connectivity index (χ0n) is 9.09. The lowest BCUT2D eigenvalue weighted by Crippen LogP contribution is -2.43. The molecule has 2 N–H and O–H groups in total. The van der Waals surface area contributed by atoms with Crippen LogP contribution in [-0.4, -0.2) is 24.3 Å². The minimum absolute atomic E-state index is 0.0741. The third-order valence-corrected chi connectivity index (χ3v) is 3.07. The maximum absolute atomic E-state index is 9.81. The van der Waals surface area contributed by atoms with Gasteiger partial charge in [0, 0.05) is 6.54 Å². The summed E-state index contributed by atoms with van der Waals surface area (Å²) in [5.41, 5.74) is 0. The van der Waals surface area contributed by atoms with Crippen LogP contribution in [0, 0.1) is 17.8 Å². The second-order valence-corrected chi connectivity index (χ2v) is 4.83. The molecule has 1 rings (SSSR count). The molecule has 2 heteroatoms. The molecule has 0 aromatic carbocycles. The van der Waals surface area contributed by atoms with Crippen LogP contribution in [-0.2, 0) is 0 Å².